The molecule has 96 valence electrons. The molecule has 0 aliphatic rings. The molecule has 0 aliphatic heterocycles. The summed E-state index contributed by atoms with van der Waals surface area (Å²) < 4.78 is 0. The van der Waals surface area contributed by atoms with Crippen molar-refractivity contribution in [3.8, 4) is 0 Å². The molecule has 0 saturated carbocycles. The van der Waals surface area contributed by atoms with E-state index in [9.17, 15) is 4.79 Å². The number of primary amides is 1. The van der Waals surface area contributed by atoms with Gasteiger partial charge in [0.1, 0.15) is 0 Å². The summed E-state index contributed by atoms with van der Waals surface area (Å²) in [6, 6.07) is 0.499. The van der Waals surface area contributed by atoms with Crippen LogP contribution in [0.5, 0.6) is 0 Å². The number of unbranched alkanes of at least 4 members (excludes halogenated alkanes) is 2. The highest BCUT2D eigenvalue weighted by atomic mass is 16.1. The summed E-state index contributed by atoms with van der Waals surface area (Å²) in [7, 11) is 0. The van der Waals surface area contributed by atoms with Crippen LogP contribution >= 0.6 is 0 Å². The fourth-order valence-electron chi connectivity index (χ4n) is 1.98. The molecule has 0 radical (unpaired) electrons. The number of nitrogens with zero attached hydrogens (tertiary/aromatic N) is 1. The van der Waals surface area contributed by atoms with Gasteiger partial charge in [0.15, 0.2) is 0 Å². The van der Waals surface area contributed by atoms with E-state index in [0.717, 1.165) is 13.0 Å². The van der Waals surface area contributed by atoms with Crippen molar-refractivity contribution in [3.63, 3.8) is 0 Å². The first-order valence-electron chi connectivity index (χ1n) is 6.27. The predicted molar refractivity (Wildman–Crippen MR) is 68.0 cm³/mol. The maximum Gasteiger partial charge on any atom is 0.219 e. The Kier molecular flexibility index (Phi) is 8.21. The van der Waals surface area contributed by atoms with Crippen LogP contribution in [0, 0.1) is 0 Å². The lowest BCUT2D eigenvalue weighted by Gasteiger charge is -2.33. The minimum absolute atomic E-state index is 0.0920. The lowest BCUT2D eigenvalue weighted by molar-refractivity contribution is -0.119. The predicted octanol–water partition coefficient (Wildman–Crippen LogP) is 1.09. The van der Waals surface area contributed by atoms with E-state index in [-0.39, 0.29) is 11.9 Å². The topological polar surface area (TPSA) is 72.3 Å². The number of hydrogen-bond donors (Lipinski definition) is 2. The van der Waals surface area contributed by atoms with E-state index in [1.165, 1.54) is 12.8 Å². The Morgan fingerprint density at radius 3 is 2.31 bits per heavy atom. The highest BCUT2D eigenvalue weighted by Crippen LogP contribution is 2.10. The Balaban J connectivity index is 4.28. The van der Waals surface area contributed by atoms with E-state index >= 15 is 0 Å². The second kappa shape index (κ2) is 8.53. The third kappa shape index (κ3) is 6.08. The first-order valence-corrected chi connectivity index (χ1v) is 6.27. The van der Waals surface area contributed by atoms with Crippen molar-refractivity contribution in [2.75, 3.05) is 13.1 Å². The maximum atomic E-state index is 11.0. The van der Waals surface area contributed by atoms with Gasteiger partial charge in [0.2, 0.25) is 5.91 Å². The van der Waals surface area contributed by atoms with Crippen LogP contribution in [0.3, 0.4) is 0 Å². The molecule has 1 atom stereocenters. The minimum atomic E-state index is -0.267. The van der Waals surface area contributed by atoms with E-state index in [1.54, 1.807) is 0 Å². The van der Waals surface area contributed by atoms with Gasteiger partial charge in [0, 0.05) is 25.0 Å². The third-order valence-corrected chi connectivity index (χ3v) is 2.86. The van der Waals surface area contributed by atoms with Crippen LogP contribution in [0.4, 0.5) is 0 Å². The summed E-state index contributed by atoms with van der Waals surface area (Å²) in [6.45, 7) is 7.95. The number of rotatable bonds is 9. The summed E-state index contributed by atoms with van der Waals surface area (Å²) in [5.74, 6) is -0.267. The van der Waals surface area contributed by atoms with Crippen molar-refractivity contribution >= 4 is 5.91 Å². The maximum absolute atomic E-state index is 11.0. The van der Waals surface area contributed by atoms with Crippen molar-refractivity contribution in [1.29, 1.82) is 0 Å². The van der Waals surface area contributed by atoms with Crippen molar-refractivity contribution < 1.29 is 4.79 Å². The Morgan fingerprint density at radius 1 is 1.31 bits per heavy atom. The van der Waals surface area contributed by atoms with Gasteiger partial charge < -0.3 is 11.5 Å². The van der Waals surface area contributed by atoms with Crippen LogP contribution < -0.4 is 11.5 Å². The van der Waals surface area contributed by atoms with E-state index in [4.69, 9.17) is 11.5 Å². The van der Waals surface area contributed by atoms with Gasteiger partial charge in [0.05, 0.1) is 0 Å². The van der Waals surface area contributed by atoms with Crippen molar-refractivity contribution in [2.45, 2.75) is 58.5 Å². The Bertz CT molecular complexity index is 195. The normalized spacial score (nSPS) is 13.4. The molecule has 4 heteroatoms. The van der Waals surface area contributed by atoms with Crippen LogP contribution in [0.2, 0.25) is 0 Å². The molecule has 4 N–H and O–H groups in total. The zero-order chi connectivity index (χ0) is 12.6. The van der Waals surface area contributed by atoms with E-state index in [0.29, 0.717) is 19.0 Å². The molecule has 0 aliphatic carbocycles. The second-order valence-corrected chi connectivity index (χ2v) is 4.60. The summed E-state index contributed by atoms with van der Waals surface area (Å²) in [5, 5.41) is 0. The molecule has 0 aromatic carbocycles. The highest BCUT2D eigenvalue weighted by Gasteiger charge is 2.21. The number of hydrogen-bond acceptors (Lipinski definition) is 3. The summed E-state index contributed by atoms with van der Waals surface area (Å²) in [4.78, 5) is 13.3. The zero-order valence-corrected chi connectivity index (χ0v) is 10.9. The van der Waals surface area contributed by atoms with E-state index < -0.39 is 0 Å². The van der Waals surface area contributed by atoms with Crippen molar-refractivity contribution in [3.05, 3.63) is 0 Å². The monoisotopic (exact) mass is 229 g/mol. The minimum Gasteiger partial charge on any atom is -0.370 e. The molecular weight excluding hydrogens is 202 g/mol. The third-order valence-electron chi connectivity index (χ3n) is 2.86. The van der Waals surface area contributed by atoms with Crippen LogP contribution in [0.25, 0.3) is 0 Å². The first kappa shape index (κ1) is 15.4. The van der Waals surface area contributed by atoms with Gasteiger partial charge in [-0.15, -0.1) is 0 Å². The molecule has 0 rings (SSSR count). The molecule has 0 saturated heterocycles. The Hall–Kier alpha value is -0.610. The average molecular weight is 229 g/mol. The van der Waals surface area contributed by atoms with E-state index in [2.05, 4.69) is 25.7 Å². The molecular formula is C12H27N3O. The van der Waals surface area contributed by atoms with Crippen LogP contribution in [0.1, 0.15) is 46.5 Å². The van der Waals surface area contributed by atoms with E-state index in [1.807, 2.05) is 0 Å². The second-order valence-electron chi connectivity index (χ2n) is 4.60. The number of carbonyl (C=O) groups excluding carboxylic acids is 1. The molecule has 0 aromatic heterocycles. The zero-order valence-electron chi connectivity index (χ0n) is 10.9. The Morgan fingerprint density at radius 2 is 1.94 bits per heavy atom. The molecule has 0 aromatic rings. The molecule has 1 unspecified atom stereocenters. The van der Waals surface area contributed by atoms with Crippen molar-refractivity contribution in [2.24, 2.45) is 11.5 Å². The van der Waals surface area contributed by atoms with Gasteiger partial charge in [0.25, 0.3) is 0 Å². The number of amides is 1. The van der Waals surface area contributed by atoms with Crippen LogP contribution in [-0.2, 0) is 4.79 Å². The van der Waals surface area contributed by atoms with Gasteiger partial charge >= 0.3 is 0 Å². The molecule has 16 heavy (non-hydrogen) atoms. The molecule has 0 fully saturated rings. The van der Waals surface area contributed by atoms with Gasteiger partial charge in [-0.1, -0.05) is 19.8 Å². The SMILES string of the molecule is CCCCCN(C(C)C)C(CN)CC(N)=O. The van der Waals surface area contributed by atoms with Gasteiger partial charge in [-0.25, -0.2) is 0 Å². The quantitative estimate of drug-likeness (QED) is 0.581. The highest BCUT2D eigenvalue weighted by molar-refractivity contribution is 5.74. The van der Waals surface area contributed by atoms with Crippen LogP contribution in [0.15, 0.2) is 0 Å². The summed E-state index contributed by atoms with van der Waals surface area (Å²) in [5.41, 5.74) is 11.0. The average Bonchev–Trinajstić information content (AvgIpc) is 2.21. The summed E-state index contributed by atoms with van der Waals surface area (Å²) >= 11 is 0. The molecule has 0 spiro atoms. The molecule has 0 bridgehead atoms. The largest absolute Gasteiger partial charge is 0.370 e. The van der Waals surface area contributed by atoms with Crippen molar-refractivity contribution in [1.82, 2.24) is 4.90 Å². The Labute approximate surface area is 99.4 Å². The molecule has 4 nitrogen and oxygen atoms in total. The smallest absolute Gasteiger partial charge is 0.219 e. The molecule has 1 amide bonds. The van der Waals surface area contributed by atoms with Gasteiger partial charge in [-0.3, -0.25) is 9.69 Å². The standard InChI is InChI=1S/C12H27N3O/c1-4-5-6-7-15(10(2)3)11(9-13)8-12(14)16/h10-11H,4-9,13H2,1-3H3,(H2,14,16). The molecule has 0 heterocycles. The van der Waals surface area contributed by atoms with Gasteiger partial charge in [-0.05, 0) is 26.8 Å². The fourth-order valence-corrected chi connectivity index (χ4v) is 1.98. The van der Waals surface area contributed by atoms with Crippen LogP contribution in [-0.4, -0.2) is 36.0 Å². The fraction of sp³-hybridized carbons (Fsp3) is 0.917. The summed E-state index contributed by atoms with van der Waals surface area (Å²) in [6.07, 6.45) is 3.94. The number of carbonyl (C=O) groups is 1. The van der Waals surface area contributed by atoms with Gasteiger partial charge in [-0.2, -0.15) is 0 Å². The number of nitrogens with two attached hydrogens (primary N) is 2. The lowest BCUT2D eigenvalue weighted by atomic mass is 10.1. The lowest BCUT2D eigenvalue weighted by Crippen LogP contribution is -2.47. The first-order chi connectivity index (χ1) is 7.52.